The van der Waals surface area contributed by atoms with E-state index in [4.69, 9.17) is 9.84 Å². The first-order valence-corrected chi connectivity index (χ1v) is 6.93. The van der Waals surface area contributed by atoms with Gasteiger partial charge in [-0.05, 0) is 38.0 Å². The number of aliphatic hydroxyl groups excluding tert-OH is 1. The molecule has 4 nitrogen and oxygen atoms in total. The van der Waals surface area contributed by atoms with Gasteiger partial charge in [-0.1, -0.05) is 11.8 Å². The monoisotopic (exact) mass is 291 g/mol. The van der Waals surface area contributed by atoms with Gasteiger partial charge in [-0.15, -0.1) is 0 Å². The van der Waals surface area contributed by atoms with Crippen molar-refractivity contribution < 1.29 is 19.0 Å². The van der Waals surface area contributed by atoms with E-state index >= 15 is 0 Å². The highest BCUT2D eigenvalue weighted by atomic mass is 19.1. The molecule has 0 bridgehead atoms. The predicted molar refractivity (Wildman–Crippen MR) is 76.3 cm³/mol. The number of rotatable bonds is 3. The predicted octanol–water partition coefficient (Wildman–Crippen LogP) is 1.47. The lowest BCUT2D eigenvalue weighted by atomic mass is 10.1. The van der Waals surface area contributed by atoms with Gasteiger partial charge in [-0.3, -0.25) is 4.79 Å². The quantitative estimate of drug-likeness (QED) is 0.829. The molecule has 1 heterocycles. The Hall–Kier alpha value is -1.90. The Morgan fingerprint density at radius 3 is 3.05 bits per heavy atom. The van der Waals surface area contributed by atoms with Crippen LogP contribution in [-0.2, 0) is 4.74 Å². The van der Waals surface area contributed by atoms with E-state index in [0.717, 1.165) is 25.5 Å². The zero-order chi connectivity index (χ0) is 15.2. The zero-order valence-electron chi connectivity index (χ0n) is 11.9. The smallest absolute Gasteiger partial charge is 0.251 e. The summed E-state index contributed by atoms with van der Waals surface area (Å²) in [5, 5.41) is 11.4. The van der Waals surface area contributed by atoms with Crippen molar-refractivity contribution in [3.63, 3.8) is 0 Å². The number of nitrogens with one attached hydrogen (secondary N) is 1. The number of ether oxygens (including phenoxy) is 1. The van der Waals surface area contributed by atoms with Crippen LogP contribution in [0.25, 0.3) is 0 Å². The van der Waals surface area contributed by atoms with Crippen LogP contribution in [0.1, 0.15) is 35.7 Å². The minimum atomic E-state index is -0.576. The molecule has 1 aliphatic rings. The summed E-state index contributed by atoms with van der Waals surface area (Å²) in [7, 11) is 0. The molecule has 5 heteroatoms. The molecule has 0 saturated carbocycles. The summed E-state index contributed by atoms with van der Waals surface area (Å²) in [5.74, 6) is 3.95. The molecule has 1 amide bonds. The van der Waals surface area contributed by atoms with Gasteiger partial charge in [0, 0.05) is 12.2 Å². The highest BCUT2D eigenvalue weighted by molar-refractivity contribution is 5.94. The highest BCUT2D eigenvalue weighted by Gasteiger charge is 2.24. The topological polar surface area (TPSA) is 58.6 Å². The fraction of sp³-hybridized carbons (Fsp3) is 0.438. The average molecular weight is 291 g/mol. The number of amides is 1. The van der Waals surface area contributed by atoms with E-state index in [1.807, 2.05) is 6.92 Å². The SMILES string of the molecule is CC(NC(=O)c1ccc(C#CCO)c(F)c1)C1CCCO1. The minimum absolute atomic E-state index is 0.0218. The summed E-state index contributed by atoms with van der Waals surface area (Å²) in [5.41, 5.74) is 0.402. The summed E-state index contributed by atoms with van der Waals surface area (Å²) >= 11 is 0. The number of carbonyl (C=O) groups excluding carboxylic acids is 1. The van der Waals surface area contributed by atoms with Crippen LogP contribution in [0, 0.1) is 17.7 Å². The van der Waals surface area contributed by atoms with Crippen LogP contribution in [0.15, 0.2) is 18.2 Å². The van der Waals surface area contributed by atoms with Crippen molar-refractivity contribution in [1.29, 1.82) is 0 Å². The standard InChI is InChI=1S/C16H18FNO3/c1-11(15-5-3-9-21-15)18-16(20)13-7-6-12(4-2-8-19)14(17)10-13/h6-7,10-11,15,19H,3,5,8-9H2,1H3,(H,18,20). The second-order valence-electron chi connectivity index (χ2n) is 4.97. The van der Waals surface area contributed by atoms with Crippen molar-refractivity contribution in [3.05, 3.63) is 35.1 Å². The molecule has 21 heavy (non-hydrogen) atoms. The molecule has 0 spiro atoms. The van der Waals surface area contributed by atoms with E-state index in [1.165, 1.54) is 12.1 Å². The van der Waals surface area contributed by atoms with Crippen LogP contribution in [0.5, 0.6) is 0 Å². The van der Waals surface area contributed by atoms with Gasteiger partial charge < -0.3 is 15.2 Å². The maximum absolute atomic E-state index is 13.8. The summed E-state index contributed by atoms with van der Waals surface area (Å²) < 4.78 is 19.3. The Labute approximate surface area is 123 Å². The Bertz CT molecular complexity index is 571. The fourth-order valence-electron chi connectivity index (χ4n) is 2.27. The second-order valence-corrected chi connectivity index (χ2v) is 4.97. The first-order chi connectivity index (χ1) is 10.1. The summed E-state index contributed by atoms with van der Waals surface area (Å²) in [6.07, 6.45) is 1.94. The number of benzene rings is 1. The van der Waals surface area contributed by atoms with Gasteiger partial charge in [0.2, 0.25) is 0 Å². The van der Waals surface area contributed by atoms with E-state index in [9.17, 15) is 9.18 Å². The van der Waals surface area contributed by atoms with Crippen LogP contribution in [0.4, 0.5) is 4.39 Å². The van der Waals surface area contributed by atoms with E-state index in [-0.39, 0.29) is 35.8 Å². The van der Waals surface area contributed by atoms with Crippen molar-refractivity contribution in [3.8, 4) is 11.8 Å². The lowest BCUT2D eigenvalue weighted by Gasteiger charge is -2.20. The molecular weight excluding hydrogens is 273 g/mol. The maximum atomic E-state index is 13.8. The molecule has 0 radical (unpaired) electrons. The minimum Gasteiger partial charge on any atom is -0.384 e. The Morgan fingerprint density at radius 2 is 2.43 bits per heavy atom. The lowest BCUT2D eigenvalue weighted by molar-refractivity contribution is 0.0712. The molecule has 2 unspecified atom stereocenters. The Balaban J connectivity index is 2.03. The van der Waals surface area contributed by atoms with Gasteiger partial charge in [0.05, 0.1) is 17.7 Å². The van der Waals surface area contributed by atoms with Gasteiger partial charge in [-0.25, -0.2) is 4.39 Å². The number of carbonyl (C=O) groups is 1. The average Bonchev–Trinajstić information content (AvgIpc) is 3.00. The molecule has 1 aromatic rings. The van der Waals surface area contributed by atoms with E-state index < -0.39 is 5.82 Å². The van der Waals surface area contributed by atoms with Gasteiger partial charge in [0.15, 0.2) is 0 Å². The Morgan fingerprint density at radius 1 is 1.62 bits per heavy atom. The molecule has 1 saturated heterocycles. The van der Waals surface area contributed by atoms with Gasteiger partial charge in [0.1, 0.15) is 12.4 Å². The molecule has 1 aliphatic heterocycles. The summed E-state index contributed by atoms with van der Waals surface area (Å²) in [4.78, 5) is 12.1. The molecule has 0 aromatic heterocycles. The molecule has 2 atom stereocenters. The van der Waals surface area contributed by atoms with Crippen molar-refractivity contribution in [1.82, 2.24) is 5.32 Å². The molecule has 2 rings (SSSR count). The number of hydrogen-bond acceptors (Lipinski definition) is 3. The number of aliphatic hydroxyl groups is 1. The number of hydrogen-bond donors (Lipinski definition) is 2. The van der Waals surface area contributed by atoms with Crippen LogP contribution in [0.3, 0.4) is 0 Å². The largest absolute Gasteiger partial charge is 0.384 e. The van der Waals surface area contributed by atoms with Crippen molar-refractivity contribution >= 4 is 5.91 Å². The molecule has 1 aromatic carbocycles. The van der Waals surface area contributed by atoms with Gasteiger partial charge in [0.25, 0.3) is 5.91 Å². The third-order valence-electron chi connectivity index (χ3n) is 3.41. The van der Waals surface area contributed by atoms with Crippen molar-refractivity contribution in [2.45, 2.75) is 31.9 Å². The summed E-state index contributed by atoms with van der Waals surface area (Å²) in [6.45, 7) is 2.27. The first kappa shape index (κ1) is 15.5. The molecule has 112 valence electrons. The van der Waals surface area contributed by atoms with Crippen LogP contribution in [0.2, 0.25) is 0 Å². The second kappa shape index (κ2) is 7.21. The van der Waals surface area contributed by atoms with Gasteiger partial charge in [-0.2, -0.15) is 0 Å². The normalized spacial score (nSPS) is 18.7. The lowest BCUT2D eigenvalue weighted by Crippen LogP contribution is -2.40. The van der Waals surface area contributed by atoms with E-state index in [2.05, 4.69) is 17.2 Å². The number of halogens is 1. The van der Waals surface area contributed by atoms with Crippen LogP contribution in [-0.4, -0.2) is 36.4 Å². The van der Waals surface area contributed by atoms with Crippen molar-refractivity contribution in [2.75, 3.05) is 13.2 Å². The van der Waals surface area contributed by atoms with Crippen molar-refractivity contribution in [2.24, 2.45) is 0 Å². The summed E-state index contributed by atoms with van der Waals surface area (Å²) in [6, 6.07) is 3.99. The molecule has 1 fully saturated rings. The van der Waals surface area contributed by atoms with Crippen LogP contribution < -0.4 is 5.32 Å². The maximum Gasteiger partial charge on any atom is 0.251 e. The fourth-order valence-corrected chi connectivity index (χ4v) is 2.27. The molecule has 2 N–H and O–H groups in total. The highest BCUT2D eigenvalue weighted by Crippen LogP contribution is 2.16. The van der Waals surface area contributed by atoms with E-state index in [1.54, 1.807) is 0 Å². The molecular formula is C16H18FNO3. The van der Waals surface area contributed by atoms with Gasteiger partial charge >= 0.3 is 0 Å². The third-order valence-corrected chi connectivity index (χ3v) is 3.41. The Kier molecular flexibility index (Phi) is 5.32. The third kappa shape index (κ3) is 4.03. The molecule has 0 aliphatic carbocycles. The first-order valence-electron chi connectivity index (χ1n) is 6.93. The zero-order valence-corrected chi connectivity index (χ0v) is 11.9. The van der Waals surface area contributed by atoms with Crippen LogP contribution >= 0.6 is 0 Å². The van der Waals surface area contributed by atoms with E-state index in [0.29, 0.717) is 0 Å².